The van der Waals surface area contributed by atoms with Gasteiger partial charge in [0.15, 0.2) is 5.82 Å². The molecule has 19 heavy (non-hydrogen) atoms. The second kappa shape index (κ2) is 6.34. The van der Waals surface area contributed by atoms with E-state index in [4.69, 9.17) is 4.74 Å². The Hall–Kier alpha value is -2.63. The highest BCUT2D eigenvalue weighted by Crippen LogP contribution is 2.18. The van der Waals surface area contributed by atoms with E-state index in [0.717, 1.165) is 11.4 Å². The highest BCUT2D eigenvalue weighted by atomic mass is 16.5. The summed E-state index contributed by atoms with van der Waals surface area (Å²) in [6, 6.07) is 7.54. The summed E-state index contributed by atoms with van der Waals surface area (Å²) in [5, 5.41) is 13.8. The van der Waals surface area contributed by atoms with Crippen molar-refractivity contribution in [1.29, 1.82) is 0 Å². The van der Waals surface area contributed by atoms with Gasteiger partial charge in [0.2, 0.25) is 5.95 Å². The SMILES string of the molecule is C=CCNc1nncc(Nc2ccc(OC)cc2)n1. The number of aromatic nitrogens is 3. The second-order valence-electron chi connectivity index (χ2n) is 3.69. The topological polar surface area (TPSA) is 72.0 Å². The van der Waals surface area contributed by atoms with Gasteiger partial charge in [-0.25, -0.2) is 0 Å². The summed E-state index contributed by atoms with van der Waals surface area (Å²) in [5.41, 5.74) is 0.899. The molecular weight excluding hydrogens is 242 g/mol. The van der Waals surface area contributed by atoms with Crippen LogP contribution in [0.3, 0.4) is 0 Å². The van der Waals surface area contributed by atoms with Crippen LogP contribution in [0.1, 0.15) is 0 Å². The molecule has 2 aromatic rings. The van der Waals surface area contributed by atoms with Gasteiger partial charge in [0.25, 0.3) is 0 Å². The fraction of sp³-hybridized carbons (Fsp3) is 0.154. The molecule has 0 amide bonds. The van der Waals surface area contributed by atoms with Crippen molar-refractivity contribution in [3.8, 4) is 5.75 Å². The Kier molecular flexibility index (Phi) is 4.28. The van der Waals surface area contributed by atoms with Crippen molar-refractivity contribution in [2.75, 3.05) is 24.3 Å². The van der Waals surface area contributed by atoms with E-state index in [9.17, 15) is 0 Å². The number of nitrogens with zero attached hydrogens (tertiary/aromatic N) is 3. The lowest BCUT2D eigenvalue weighted by Crippen LogP contribution is -2.05. The molecule has 0 aliphatic carbocycles. The van der Waals surface area contributed by atoms with Crippen LogP contribution in [0.5, 0.6) is 5.75 Å². The molecule has 6 heteroatoms. The molecule has 0 bridgehead atoms. The minimum absolute atomic E-state index is 0.457. The van der Waals surface area contributed by atoms with Crippen LogP contribution in [0.15, 0.2) is 43.1 Å². The minimum atomic E-state index is 0.457. The number of benzene rings is 1. The molecule has 2 rings (SSSR count). The van der Waals surface area contributed by atoms with Gasteiger partial charge in [-0.1, -0.05) is 6.08 Å². The molecule has 98 valence electrons. The van der Waals surface area contributed by atoms with E-state index in [-0.39, 0.29) is 0 Å². The summed E-state index contributed by atoms with van der Waals surface area (Å²) in [4.78, 5) is 4.27. The van der Waals surface area contributed by atoms with Gasteiger partial charge in [-0.05, 0) is 24.3 Å². The zero-order chi connectivity index (χ0) is 13.5. The zero-order valence-electron chi connectivity index (χ0n) is 10.6. The number of rotatable bonds is 6. The Morgan fingerprint density at radius 1 is 1.32 bits per heavy atom. The van der Waals surface area contributed by atoms with E-state index in [1.54, 1.807) is 19.4 Å². The highest BCUT2D eigenvalue weighted by Gasteiger charge is 2.00. The number of nitrogens with one attached hydrogen (secondary N) is 2. The lowest BCUT2D eigenvalue weighted by Gasteiger charge is -2.07. The van der Waals surface area contributed by atoms with Crippen LogP contribution in [0.2, 0.25) is 0 Å². The van der Waals surface area contributed by atoms with Crippen LogP contribution in [0.25, 0.3) is 0 Å². The lowest BCUT2D eigenvalue weighted by molar-refractivity contribution is 0.415. The number of hydrogen-bond donors (Lipinski definition) is 2. The van der Waals surface area contributed by atoms with Crippen LogP contribution < -0.4 is 15.4 Å². The van der Waals surface area contributed by atoms with Crippen molar-refractivity contribution in [2.45, 2.75) is 0 Å². The maximum atomic E-state index is 5.10. The van der Waals surface area contributed by atoms with Gasteiger partial charge in [-0.2, -0.15) is 10.1 Å². The molecule has 0 aliphatic rings. The number of methoxy groups -OCH3 is 1. The largest absolute Gasteiger partial charge is 0.497 e. The molecule has 0 unspecified atom stereocenters. The molecule has 0 atom stereocenters. The zero-order valence-corrected chi connectivity index (χ0v) is 10.6. The quantitative estimate of drug-likeness (QED) is 0.773. The molecule has 1 aromatic carbocycles. The molecule has 0 saturated heterocycles. The summed E-state index contributed by atoms with van der Waals surface area (Å²) in [7, 11) is 1.63. The first kappa shape index (κ1) is 12.8. The summed E-state index contributed by atoms with van der Waals surface area (Å²) < 4.78 is 5.10. The average Bonchev–Trinajstić information content (AvgIpc) is 2.46. The first-order valence-electron chi connectivity index (χ1n) is 5.77. The molecule has 6 nitrogen and oxygen atoms in total. The number of ether oxygens (including phenoxy) is 1. The third-order valence-corrected chi connectivity index (χ3v) is 2.33. The van der Waals surface area contributed by atoms with Gasteiger partial charge < -0.3 is 15.4 Å². The smallest absolute Gasteiger partial charge is 0.244 e. The van der Waals surface area contributed by atoms with Crippen molar-refractivity contribution in [3.63, 3.8) is 0 Å². The van der Waals surface area contributed by atoms with Gasteiger partial charge in [0.05, 0.1) is 13.3 Å². The Morgan fingerprint density at radius 2 is 2.11 bits per heavy atom. The van der Waals surface area contributed by atoms with E-state index in [1.807, 2.05) is 24.3 Å². The first-order chi connectivity index (χ1) is 9.31. The summed E-state index contributed by atoms with van der Waals surface area (Å²) >= 11 is 0. The van der Waals surface area contributed by atoms with E-state index in [1.165, 1.54) is 0 Å². The van der Waals surface area contributed by atoms with Gasteiger partial charge in [-0.3, -0.25) is 0 Å². The van der Waals surface area contributed by atoms with E-state index in [2.05, 4.69) is 32.4 Å². The van der Waals surface area contributed by atoms with E-state index >= 15 is 0 Å². The monoisotopic (exact) mass is 257 g/mol. The van der Waals surface area contributed by atoms with Crippen molar-refractivity contribution < 1.29 is 4.74 Å². The van der Waals surface area contributed by atoms with Gasteiger partial charge in [0.1, 0.15) is 5.75 Å². The maximum absolute atomic E-state index is 5.10. The van der Waals surface area contributed by atoms with Gasteiger partial charge >= 0.3 is 0 Å². The molecule has 0 fully saturated rings. The highest BCUT2D eigenvalue weighted by molar-refractivity contribution is 5.57. The fourth-order valence-corrected chi connectivity index (χ4v) is 1.42. The third-order valence-electron chi connectivity index (χ3n) is 2.33. The summed E-state index contributed by atoms with van der Waals surface area (Å²) in [6.45, 7) is 4.21. The summed E-state index contributed by atoms with van der Waals surface area (Å²) in [5.74, 6) is 1.88. The molecule has 1 aromatic heterocycles. The predicted molar refractivity (Wildman–Crippen MR) is 74.8 cm³/mol. The summed E-state index contributed by atoms with van der Waals surface area (Å²) in [6.07, 6.45) is 3.29. The van der Waals surface area contributed by atoms with E-state index < -0.39 is 0 Å². The van der Waals surface area contributed by atoms with Gasteiger partial charge in [-0.15, -0.1) is 11.7 Å². The maximum Gasteiger partial charge on any atom is 0.244 e. The van der Waals surface area contributed by atoms with Crippen LogP contribution in [-0.4, -0.2) is 28.8 Å². The first-order valence-corrected chi connectivity index (χ1v) is 5.77. The Labute approximate surface area is 111 Å². The Bertz CT molecular complexity index is 541. The fourth-order valence-electron chi connectivity index (χ4n) is 1.42. The van der Waals surface area contributed by atoms with Crippen LogP contribution in [-0.2, 0) is 0 Å². The molecule has 0 radical (unpaired) electrons. The van der Waals surface area contributed by atoms with Crippen LogP contribution in [0.4, 0.5) is 17.5 Å². The molecule has 0 saturated carbocycles. The van der Waals surface area contributed by atoms with Crippen molar-refractivity contribution in [3.05, 3.63) is 43.1 Å². The third kappa shape index (κ3) is 3.67. The Balaban J connectivity index is 2.06. The minimum Gasteiger partial charge on any atom is -0.497 e. The number of hydrogen-bond acceptors (Lipinski definition) is 6. The standard InChI is InChI=1S/C13H15N5O/c1-3-8-14-13-17-12(9-15-18-13)16-10-4-6-11(19-2)7-5-10/h3-7,9H,1,8H2,2H3,(H2,14,16,17,18). The number of anilines is 3. The molecule has 0 spiro atoms. The molecular formula is C13H15N5O. The van der Waals surface area contributed by atoms with Crippen molar-refractivity contribution >= 4 is 17.5 Å². The predicted octanol–water partition coefficient (Wildman–Crippen LogP) is 2.22. The van der Waals surface area contributed by atoms with Gasteiger partial charge in [0, 0.05) is 12.2 Å². The molecule has 2 N–H and O–H groups in total. The average molecular weight is 257 g/mol. The molecule has 0 aliphatic heterocycles. The van der Waals surface area contributed by atoms with E-state index in [0.29, 0.717) is 18.3 Å². The van der Waals surface area contributed by atoms with Crippen LogP contribution in [0, 0.1) is 0 Å². The van der Waals surface area contributed by atoms with Crippen molar-refractivity contribution in [2.24, 2.45) is 0 Å². The molecule has 1 heterocycles. The normalized spacial score (nSPS) is 9.74. The second-order valence-corrected chi connectivity index (χ2v) is 3.69. The van der Waals surface area contributed by atoms with Crippen LogP contribution >= 0.6 is 0 Å². The lowest BCUT2D eigenvalue weighted by atomic mass is 10.3. The Morgan fingerprint density at radius 3 is 2.79 bits per heavy atom. The van der Waals surface area contributed by atoms with Crippen molar-refractivity contribution in [1.82, 2.24) is 15.2 Å².